The van der Waals surface area contributed by atoms with Gasteiger partial charge in [-0.15, -0.1) is 0 Å². The van der Waals surface area contributed by atoms with Crippen molar-refractivity contribution in [3.8, 4) is 0 Å². The van der Waals surface area contributed by atoms with Gasteiger partial charge in [0.2, 0.25) is 5.91 Å². The van der Waals surface area contributed by atoms with E-state index in [4.69, 9.17) is 4.74 Å². The smallest absolute Gasteiger partial charge is 0.244 e. The highest BCUT2D eigenvalue weighted by molar-refractivity contribution is 5.91. The molecule has 0 fully saturated rings. The number of carbonyl (C=O) groups excluding carboxylic acids is 1. The van der Waals surface area contributed by atoms with Crippen LogP contribution in [0.15, 0.2) is 60.7 Å². The van der Waals surface area contributed by atoms with Gasteiger partial charge in [0.25, 0.3) is 0 Å². The summed E-state index contributed by atoms with van der Waals surface area (Å²) in [5, 5.41) is 3.01. The first-order valence-electron chi connectivity index (χ1n) is 7.97. The van der Waals surface area contributed by atoms with Crippen molar-refractivity contribution in [1.82, 2.24) is 5.32 Å². The average molecular weight is 307 g/mol. The zero-order valence-electron chi connectivity index (χ0n) is 13.2. The van der Waals surface area contributed by atoms with Crippen molar-refractivity contribution in [2.24, 2.45) is 0 Å². The summed E-state index contributed by atoms with van der Waals surface area (Å²) < 4.78 is 5.89. The third-order valence-electron chi connectivity index (χ3n) is 4.08. The van der Waals surface area contributed by atoms with Crippen LogP contribution in [0.3, 0.4) is 0 Å². The predicted octanol–water partition coefficient (Wildman–Crippen LogP) is 3.52. The predicted molar refractivity (Wildman–Crippen MR) is 91.9 cm³/mol. The monoisotopic (exact) mass is 307 g/mol. The largest absolute Gasteiger partial charge is 0.371 e. The molecule has 0 unspecified atom stereocenters. The van der Waals surface area contributed by atoms with Crippen LogP contribution in [0.5, 0.6) is 0 Å². The van der Waals surface area contributed by atoms with Gasteiger partial charge in [0, 0.05) is 6.08 Å². The van der Waals surface area contributed by atoms with Crippen LogP contribution in [0.4, 0.5) is 0 Å². The van der Waals surface area contributed by atoms with Crippen LogP contribution in [0, 0.1) is 0 Å². The molecule has 0 aromatic heterocycles. The molecule has 2 aromatic rings. The number of carbonyl (C=O) groups is 1. The third-order valence-corrected chi connectivity index (χ3v) is 4.08. The van der Waals surface area contributed by atoms with E-state index in [1.165, 1.54) is 11.1 Å². The Kier molecular flexibility index (Phi) is 4.89. The number of nitrogens with one attached hydrogen (secondary N) is 1. The zero-order chi connectivity index (χ0) is 16.1. The lowest BCUT2D eigenvalue weighted by Gasteiger charge is -2.30. The molecular weight excluding hydrogens is 286 g/mol. The maximum absolute atomic E-state index is 12.1. The van der Waals surface area contributed by atoms with Crippen LogP contribution in [-0.2, 0) is 16.0 Å². The minimum absolute atomic E-state index is 0.0793. The van der Waals surface area contributed by atoms with Gasteiger partial charge in [0.1, 0.15) is 6.10 Å². The van der Waals surface area contributed by atoms with E-state index in [1.54, 1.807) is 6.08 Å². The summed E-state index contributed by atoms with van der Waals surface area (Å²) in [4.78, 5) is 12.1. The molecule has 1 N–H and O–H groups in total. The van der Waals surface area contributed by atoms with Crippen molar-refractivity contribution < 1.29 is 9.53 Å². The molecule has 1 amide bonds. The van der Waals surface area contributed by atoms with E-state index in [0.717, 1.165) is 12.0 Å². The van der Waals surface area contributed by atoms with Crippen molar-refractivity contribution in [2.45, 2.75) is 25.5 Å². The first kappa shape index (κ1) is 15.5. The number of rotatable bonds is 4. The number of ether oxygens (including phenoxy) is 1. The second-order valence-corrected chi connectivity index (χ2v) is 5.78. The Balaban J connectivity index is 1.64. The fourth-order valence-corrected chi connectivity index (χ4v) is 2.92. The molecule has 23 heavy (non-hydrogen) atoms. The maximum atomic E-state index is 12.1. The van der Waals surface area contributed by atoms with Crippen molar-refractivity contribution in [2.75, 3.05) is 6.61 Å². The molecule has 1 aliphatic rings. The molecule has 0 saturated heterocycles. The van der Waals surface area contributed by atoms with E-state index in [1.807, 2.05) is 55.5 Å². The lowest BCUT2D eigenvalue weighted by atomic mass is 9.94. The molecule has 118 valence electrons. The van der Waals surface area contributed by atoms with Gasteiger partial charge in [-0.25, -0.2) is 0 Å². The summed E-state index contributed by atoms with van der Waals surface area (Å²) in [6.07, 6.45) is 4.23. The standard InChI is InChI=1S/C20H21NO2/c1-15(20-18-10-6-5-9-17(18)13-14-23-20)21-19(22)12-11-16-7-3-2-4-8-16/h2-12,15,20H,13-14H2,1H3,(H,21,22)/b12-11+/t15-,20+/m0/s1. The van der Waals surface area contributed by atoms with Crippen molar-refractivity contribution >= 4 is 12.0 Å². The minimum Gasteiger partial charge on any atom is -0.371 e. The van der Waals surface area contributed by atoms with Gasteiger partial charge in [-0.1, -0.05) is 54.6 Å². The van der Waals surface area contributed by atoms with Crippen molar-refractivity contribution in [3.63, 3.8) is 0 Å². The Morgan fingerprint density at radius 1 is 1.17 bits per heavy atom. The van der Waals surface area contributed by atoms with E-state index in [2.05, 4.69) is 17.4 Å². The third kappa shape index (κ3) is 3.88. The van der Waals surface area contributed by atoms with Crippen molar-refractivity contribution in [3.05, 3.63) is 77.4 Å². The molecule has 2 aromatic carbocycles. The molecule has 3 nitrogen and oxygen atoms in total. The summed E-state index contributed by atoms with van der Waals surface area (Å²) in [5.41, 5.74) is 3.50. The van der Waals surface area contributed by atoms with E-state index < -0.39 is 0 Å². The molecule has 2 atom stereocenters. The van der Waals surface area contributed by atoms with Gasteiger partial charge in [0.05, 0.1) is 12.6 Å². The lowest BCUT2D eigenvalue weighted by Crippen LogP contribution is -2.39. The van der Waals surface area contributed by atoms with Crippen molar-refractivity contribution in [1.29, 1.82) is 0 Å². The van der Waals surface area contributed by atoms with Gasteiger partial charge in [-0.3, -0.25) is 4.79 Å². The first-order chi connectivity index (χ1) is 11.2. The molecule has 0 aliphatic carbocycles. The molecule has 3 rings (SSSR count). The summed E-state index contributed by atoms with van der Waals surface area (Å²) in [5.74, 6) is -0.104. The first-order valence-corrected chi connectivity index (χ1v) is 7.97. The Bertz CT molecular complexity index is 694. The molecular formula is C20H21NO2. The van der Waals surface area contributed by atoms with Gasteiger partial charge in [-0.2, -0.15) is 0 Å². The summed E-state index contributed by atoms with van der Waals surface area (Å²) in [6.45, 7) is 2.68. The Labute approximate surface area is 137 Å². The quantitative estimate of drug-likeness (QED) is 0.878. The average Bonchev–Trinajstić information content (AvgIpc) is 2.60. The van der Waals surface area contributed by atoms with Gasteiger partial charge >= 0.3 is 0 Å². The highest BCUT2D eigenvalue weighted by Crippen LogP contribution is 2.29. The van der Waals surface area contributed by atoms with E-state index >= 15 is 0 Å². The summed E-state index contributed by atoms with van der Waals surface area (Å²) >= 11 is 0. The van der Waals surface area contributed by atoms with Gasteiger partial charge in [0.15, 0.2) is 0 Å². The van der Waals surface area contributed by atoms with E-state index in [9.17, 15) is 4.79 Å². The Hall–Kier alpha value is -2.39. The van der Waals surface area contributed by atoms with Crippen LogP contribution in [0.25, 0.3) is 6.08 Å². The minimum atomic E-state index is -0.104. The molecule has 0 saturated carbocycles. The summed E-state index contributed by atoms with van der Waals surface area (Å²) in [6, 6.07) is 18.0. The fraction of sp³-hybridized carbons (Fsp3) is 0.250. The van der Waals surface area contributed by atoms with E-state index in [0.29, 0.717) is 6.61 Å². The van der Waals surface area contributed by atoms with Crippen LogP contribution in [0.2, 0.25) is 0 Å². The number of fused-ring (bicyclic) bond motifs is 1. The lowest BCUT2D eigenvalue weighted by molar-refractivity contribution is -0.118. The van der Waals surface area contributed by atoms with Crippen LogP contribution in [0.1, 0.15) is 29.7 Å². The SMILES string of the molecule is C[C@H](NC(=O)/C=C/c1ccccc1)[C@H]1OCCc2ccccc21. The van der Waals surface area contributed by atoms with Crippen LogP contribution < -0.4 is 5.32 Å². The van der Waals surface area contributed by atoms with E-state index in [-0.39, 0.29) is 18.1 Å². The molecule has 3 heteroatoms. The summed E-state index contributed by atoms with van der Waals surface area (Å²) in [7, 11) is 0. The molecule has 0 radical (unpaired) electrons. The Morgan fingerprint density at radius 2 is 1.91 bits per heavy atom. The molecule has 1 aliphatic heterocycles. The van der Waals surface area contributed by atoms with Crippen LogP contribution in [-0.4, -0.2) is 18.6 Å². The van der Waals surface area contributed by atoms with Crippen LogP contribution >= 0.6 is 0 Å². The maximum Gasteiger partial charge on any atom is 0.244 e. The normalized spacial score (nSPS) is 18.4. The zero-order valence-corrected chi connectivity index (χ0v) is 13.2. The second-order valence-electron chi connectivity index (χ2n) is 5.78. The number of benzene rings is 2. The topological polar surface area (TPSA) is 38.3 Å². The molecule has 0 spiro atoms. The fourth-order valence-electron chi connectivity index (χ4n) is 2.92. The Morgan fingerprint density at radius 3 is 2.74 bits per heavy atom. The number of hydrogen-bond donors (Lipinski definition) is 1. The highest BCUT2D eigenvalue weighted by Gasteiger charge is 2.26. The number of hydrogen-bond acceptors (Lipinski definition) is 2. The molecule has 0 bridgehead atoms. The van der Waals surface area contributed by atoms with Gasteiger partial charge < -0.3 is 10.1 Å². The molecule has 1 heterocycles. The second kappa shape index (κ2) is 7.25. The number of amides is 1. The van der Waals surface area contributed by atoms with Gasteiger partial charge in [-0.05, 0) is 36.1 Å². The highest BCUT2D eigenvalue weighted by atomic mass is 16.5.